The third kappa shape index (κ3) is 11.2. The van der Waals surface area contributed by atoms with E-state index in [0.717, 1.165) is 19.5 Å². The lowest BCUT2D eigenvalue weighted by molar-refractivity contribution is -0.704. The smallest absolute Gasteiger partial charge is 0.303 e. The molecule has 0 aliphatic rings. The minimum Gasteiger partial charge on any atom is -0.481 e. The van der Waals surface area contributed by atoms with Gasteiger partial charge in [0.05, 0.1) is 13.1 Å². The molecule has 4 heteroatoms. The number of imidazole rings is 1. The first-order chi connectivity index (χ1) is 13.2. The molecule has 1 aromatic heterocycles. The van der Waals surface area contributed by atoms with Gasteiger partial charge in [0.1, 0.15) is 12.4 Å². The summed E-state index contributed by atoms with van der Waals surface area (Å²) in [7, 11) is 0. The van der Waals surface area contributed by atoms with E-state index in [4.69, 9.17) is 5.11 Å². The zero-order valence-electron chi connectivity index (χ0n) is 17.9. The first kappa shape index (κ1) is 23.7. The van der Waals surface area contributed by atoms with Crippen LogP contribution in [0.2, 0.25) is 0 Å². The Morgan fingerprint density at radius 2 is 1.48 bits per heavy atom. The highest BCUT2D eigenvalue weighted by molar-refractivity contribution is 5.66. The lowest BCUT2D eigenvalue weighted by Crippen LogP contribution is -2.37. The minimum atomic E-state index is -0.697. The van der Waals surface area contributed by atoms with Crippen molar-refractivity contribution in [1.29, 1.82) is 0 Å². The van der Waals surface area contributed by atoms with Gasteiger partial charge in [-0.15, -0.1) is 0 Å². The van der Waals surface area contributed by atoms with Gasteiger partial charge in [-0.3, -0.25) is 4.79 Å². The third-order valence-corrected chi connectivity index (χ3v) is 5.39. The molecule has 156 valence electrons. The van der Waals surface area contributed by atoms with Crippen LogP contribution < -0.4 is 4.57 Å². The number of nitrogens with zero attached hydrogens (tertiary/aromatic N) is 2. The van der Waals surface area contributed by atoms with Crippen molar-refractivity contribution in [3.8, 4) is 0 Å². The van der Waals surface area contributed by atoms with Crippen molar-refractivity contribution in [1.82, 2.24) is 4.57 Å². The highest BCUT2D eigenvalue weighted by Crippen LogP contribution is 2.12. The summed E-state index contributed by atoms with van der Waals surface area (Å²) in [6.07, 6.45) is 22.4. The Kier molecular flexibility index (Phi) is 13.8. The molecule has 0 unspecified atom stereocenters. The van der Waals surface area contributed by atoms with Crippen LogP contribution >= 0.6 is 0 Å². The lowest BCUT2D eigenvalue weighted by Gasteiger charge is -2.06. The standard InChI is InChI=1S/C23H42N2O2/c1-3-5-7-8-9-10-11-12-13-14-16-22-24(18-6-4-2)20-21-25(22)19-15-17-23(26)27/h20-21H,3-19H2,1-2H3/p+1. The third-order valence-electron chi connectivity index (χ3n) is 5.39. The Morgan fingerprint density at radius 3 is 2.07 bits per heavy atom. The van der Waals surface area contributed by atoms with Gasteiger partial charge in [0.25, 0.3) is 5.82 Å². The number of carboxylic acids is 1. The van der Waals surface area contributed by atoms with Gasteiger partial charge in [0.15, 0.2) is 0 Å². The van der Waals surface area contributed by atoms with Crippen LogP contribution in [0.4, 0.5) is 0 Å². The molecular weight excluding hydrogens is 336 g/mol. The summed E-state index contributed by atoms with van der Waals surface area (Å²) in [6, 6.07) is 0. The number of unbranched alkanes of at least 4 members (excludes halogenated alkanes) is 10. The molecule has 0 spiro atoms. The average Bonchev–Trinajstić information content (AvgIpc) is 3.03. The van der Waals surface area contributed by atoms with Crippen LogP contribution in [-0.2, 0) is 24.3 Å². The predicted octanol–water partition coefficient (Wildman–Crippen LogP) is 5.90. The molecule has 0 fully saturated rings. The molecule has 0 aliphatic heterocycles. The van der Waals surface area contributed by atoms with E-state index in [1.165, 1.54) is 82.9 Å². The normalized spacial score (nSPS) is 11.2. The predicted molar refractivity (Wildman–Crippen MR) is 112 cm³/mol. The highest BCUT2D eigenvalue weighted by atomic mass is 16.4. The van der Waals surface area contributed by atoms with Gasteiger partial charge in [-0.25, -0.2) is 9.13 Å². The number of hydrogen-bond acceptors (Lipinski definition) is 1. The number of aliphatic carboxylic acids is 1. The van der Waals surface area contributed by atoms with E-state index in [2.05, 4.69) is 35.4 Å². The van der Waals surface area contributed by atoms with Crippen molar-refractivity contribution in [3.63, 3.8) is 0 Å². The molecule has 1 aromatic rings. The van der Waals surface area contributed by atoms with Crippen molar-refractivity contribution < 1.29 is 14.5 Å². The van der Waals surface area contributed by atoms with Crippen LogP contribution in [0.25, 0.3) is 0 Å². The number of carbonyl (C=O) groups is 1. The van der Waals surface area contributed by atoms with Gasteiger partial charge in [-0.2, -0.15) is 0 Å². The Balaban J connectivity index is 2.31. The van der Waals surface area contributed by atoms with E-state index in [1.54, 1.807) is 0 Å². The SMILES string of the molecule is CCCCCCCCCCCCc1n(CCCC)cc[n+]1CCCC(=O)O. The molecule has 0 saturated carbocycles. The van der Waals surface area contributed by atoms with E-state index in [9.17, 15) is 4.79 Å². The summed E-state index contributed by atoms with van der Waals surface area (Å²) in [6.45, 7) is 6.40. The van der Waals surface area contributed by atoms with Crippen molar-refractivity contribution in [2.75, 3.05) is 0 Å². The fourth-order valence-electron chi connectivity index (χ4n) is 3.69. The van der Waals surface area contributed by atoms with Gasteiger partial charge < -0.3 is 5.11 Å². The number of hydrogen-bond donors (Lipinski definition) is 1. The summed E-state index contributed by atoms with van der Waals surface area (Å²) in [5, 5.41) is 8.87. The fourth-order valence-corrected chi connectivity index (χ4v) is 3.69. The first-order valence-electron chi connectivity index (χ1n) is 11.5. The van der Waals surface area contributed by atoms with Crippen LogP contribution in [0.3, 0.4) is 0 Å². The second-order valence-electron chi connectivity index (χ2n) is 7.88. The second kappa shape index (κ2) is 15.7. The Bertz CT molecular complexity index is 497. The Hall–Kier alpha value is -1.32. The molecule has 1 rings (SSSR count). The molecule has 0 bridgehead atoms. The molecule has 0 aliphatic carbocycles. The number of aromatic nitrogens is 2. The average molecular weight is 380 g/mol. The zero-order chi connectivity index (χ0) is 19.7. The minimum absolute atomic E-state index is 0.255. The maximum atomic E-state index is 10.8. The summed E-state index contributed by atoms with van der Waals surface area (Å²) in [5.74, 6) is 0.686. The number of carboxylic acid groups (broad SMARTS) is 1. The van der Waals surface area contributed by atoms with Gasteiger partial charge in [0, 0.05) is 12.8 Å². The Labute approximate surface area is 167 Å². The summed E-state index contributed by atoms with van der Waals surface area (Å²) >= 11 is 0. The van der Waals surface area contributed by atoms with E-state index in [-0.39, 0.29) is 6.42 Å². The molecule has 0 amide bonds. The quantitative estimate of drug-likeness (QED) is 0.255. The van der Waals surface area contributed by atoms with Crippen LogP contribution in [0, 0.1) is 0 Å². The topological polar surface area (TPSA) is 46.1 Å². The second-order valence-corrected chi connectivity index (χ2v) is 7.88. The molecule has 0 radical (unpaired) electrons. The number of aryl methyl sites for hydroxylation is 2. The highest BCUT2D eigenvalue weighted by Gasteiger charge is 2.16. The summed E-state index contributed by atoms with van der Waals surface area (Å²) in [5.41, 5.74) is 0. The van der Waals surface area contributed by atoms with Gasteiger partial charge >= 0.3 is 5.97 Å². The van der Waals surface area contributed by atoms with E-state index < -0.39 is 5.97 Å². The molecule has 0 atom stereocenters. The molecule has 4 nitrogen and oxygen atoms in total. The zero-order valence-corrected chi connectivity index (χ0v) is 17.9. The van der Waals surface area contributed by atoms with E-state index >= 15 is 0 Å². The number of rotatable bonds is 18. The molecular formula is C23H43N2O2+. The van der Waals surface area contributed by atoms with Crippen molar-refractivity contribution in [2.45, 2.75) is 123 Å². The van der Waals surface area contributed by atoms with E-state index in [0.29, 0.717) is 6.42 Å². The molecule has 0 aromatic carbocycles. The van der Waals surface area contributed by atoms with Gasteiger partial charge in [-0.1, -0.05) is 78.1 Å². The lowest BCUT2D eigenvalue weighted by atomic mass is 10.1. The summed E-state index contributed by atoms with van der Waals surface area (Å²) in [4.78, 5) is 10.8. The molecule has 1 N–H and O–H groups in total. The van der Waals surface area contributed by atoms with E-state index in [1.807, 2.05) is 0 Å². The molecule has 1 heterocycles. The first-order valence-corrected chi connectivity index (χ1v) is 11.5. The largest absolute Gasteiger partial charge is 0.481 e. The molecule has 0 saturated heterocycles. The Morgan fingerprint density at radius 1 is 0.889 bits per heavy atom. The monoisotopic (exact) mass is 379 g/mol. The van der Waals surface area contributed by atoms with Crippen LogP contribution in [0.5, 0.6) is 0 Å². The summed E-state index contributed by atoms with van der Waals surface area (Å²) < 4.78 is 4.67. The van der Waals surface area contributed by atoms with Gasteiger partial charge in [-0.05, 0) is 19.3 Å². The molecule has 27 heavy (non-hydrogen) atoms. The maximum Gasteiger partial charge on any atom is 0.303 e. The van der Waals surface area contributed by atoms with Crippen LogP contribution in [-0.4, -0.2) is 15.6 Å². The van der Waals surface area contributed by atoms with Gasteiger partial charge in [0.2, 0.25) is 0 Å². The fraction of sp³-hybridized carbons (Fsp3) is 0.826. The van der Waals surface area contributed by atoms with Crippen molar-refractivity contribution in [3.05, 3.63) is 18.2 Å². The van der Waals surface area contributed by atoms with Crippen LogP contribution in [0.1, 0.15) is 110 Å². The van der Waals surface area contributed by atoms with Crippen LogP contribution in [0.15, 0.2) is 12.4 Å². The maximum absolute atomic E-state index is 10.8. The van der Waals surface area contributed by atoms with Crippen molar-refractivity contribution in [2.24, 2.45) is 0 Å². The van der Waals surface area contributed by atoms with Crippen molar-refractivity contribution >= 4 is 5.97 Å².